The molecule has 0 atom stereocenters. The first kappa shape index (κ1) is 19.9. The number of anilines is 1. The van der Waals surface area contributed by atoms with Gasteiger partial charge in [0.2, 0.25) is 5.82 Å². The Kier molecular flexibility index (Phi) is 5.38. The summed E-state index contributed by atoms with van der Waals surface area (Å²) in [6, 6.07) is 21.2. The van der Waals surface area contributed by atoms with Gasteiger partial charge in [-0.2, -0.15) is 0 Å². The summed E-state index contributed by atoms with van der Waals surface area (Å²) in [5, 5.41) is 7.97. The molecule has 1 N–H and O–H groups in total. The highest BCUT2D eigenvalue weighted by Crippen LogP contribution is 2.25. The van der Waals surface area contributed by atoms with Crippen LogP contribution in [0.4, 0.5) is 5.69 Å². The SMILES string of the molecule is Cc1cccc(-c2nc(C(=O)Nc3ccc(C)c(Cl)c3)nn2-c2ccccc2C)c1. The topological polar surface area (TPSA) is 59.8 Å². The number of nitrogens with zero attached hydrogens (tertiary/aromatic N) is 3. The third kappa shape index (κ3) is 3.98. The summed E-state index contributed by atoms with van der Waals surface area (Å²) in [4.78, 5) is 17.5. The molecule has 0 unspecified atom stereocenters. The lowest BCUT2D eigenvalue weighted by molar-refractivity contribution is 0.101. The highest BCUT2D eigenvalue weighted by atomic mass is 35.5. The fourth-order valence-corrected chi connectivity index (χ4v) is 3.39. The predicted octanol–water partition coefficient (Wildman–Crippen LogP) is 5.77. The fourth-order valence-electron chi connectivity index (χ4n) is 3.21. The van der Waals surface area contributed by atoms with Gasteiger partial charge in [-0.1, -0.05) is 59.6 Å². The maximum Gasteiger partial charge on any atom is 0.295 e. The molecule has 0 radical (unpaired) electrons. The number of nitrogens with one attached hydrogen (secondary N) is 1. The zero-order valence-corrected chi connectivity index (χ0v) is 17.7. The van der Waals surface area contributed by atoms with Crippen LogP contribution in [-0.2, 0) is 0 Å². The lowest BCUT2D eigenvalue weighted by atomic mass is 10.1. The number of carbonyl (C=O) groups excluding carboxylic acids is 1. The van der Waals surface area contributed by atoms with Crippen LogP contribution in [0.15, 0.2) is 66.7 Å². The van der Waals surface area contributed by atoms with Crippen molar-refractivity contribution in [1.29, 1.82) is 0 Å². The van der Waals surface area contributed by atoms with Crippen LogP contribution in [0.5, 0.6) is 0 Å². The van der Waals surface area contributed by atoms with Gasteiger partial charge in [-0.05, 0) is 56.2 Å². The lowest BCUT2D eigenvalue weighted by Crippen LogP contribution is -2.14. The third-order valence-electron chi connectivity index (χ3n) is 4.86. The monoisotopic (exact) mass is 416 g/mol. The molecule has 0 saturated carbocycles. The Morgan fingerprint density at radius 2 is 1.73 bits per heavy atom. The summed E-state index contributed by atoms with van der Waals surface area (Å²) >= 11 is 6.18. The van der Waals surface area contributed by atoms with E-state index in [9.17, 15) is 4.79 Å². The summed E-state index contributed by atoms with van der Waals surface area (Å²) in [5.41, 5.74) is 5.45. The first-order chi connectivity index (χ1) is 14.4. The third-order valence-corrected chi connectivity index (χ3v) is 5.27. The Morgan fingerprint density at radius 1 is 0.933 bits per heavy atom. The minimum Gasteiger partial charge on any atom is -0.319 e. The minimum atomic E-state index is -0.392. The Morgan fingerprint density at radius 3 is 2.47 bits per heavy atom. The van der Waals surface area contributed by atoms with E-state index in [1.807, 2.05) is 75.4 Å². The van der Waals surface area contributed by atoms with Crippen molar-refractivity contribution >= 4 is 23.2 Å². The van der Waals surface area contributed by atoms with Gasteiger partial charge in [-0.15, -0.1) is 5.10 Å². The summed E-state index contributed by atoms with van der Waals surface area (Å²) in [5.74, 6) is 0.308. The quantitative estimate of drug-likeness (QED) is 0.459. The van der Waals surface area contributed by atoms with E-state index in [2.05, 4.69) is 15.4 Å². The normalized spacial score (nSPS) is 10.8. The van der Waals surface area contributed by atoms with Crippen LogP contribution in [0, 0.1) is 20.8 Å². The summed E-state index contributed by atoms with van der Waals surface area (Å²) in [7, 11) is 0. The number of hydrogen-bond donors (Lipinski definition) is 1. The molecule has 30 heavy (non-hydrogen) atoms. The molecule has 4 aromatic rings. The van der Waals surface area contributed by atoms with Crippen LogP contribution in [0.25, 0.3) is 17.1 Å². The van der Waals surface area contributed by atoms with Crippen molar-refractivity contribution in [2.75, 3.05) is 5.32 Å². The van der Waals surface area contributed by atoms with Crippen LogP contribution < -0.4 is 5.32 Å². The maximum atomic E-state index is 12.9. The van der Waals surface area contributed by atoms with Crippen molar-refractivity contribution in [3.63, 3.8) is 0 Å². The van der Waals surface area contributed by atoms with Gasteiger partial charge in [0.05, 0.1) is 5.69 Å². The summed E-state index contributed by atoms with van der Waals surface area (Å²) < 4.78 is 1.72. The second-order valence-corrected chi connectivity index (χ2v) is 7.65. The molecule has 0 aliphatic carbocycles. The number of amides is 1. The number of carbonyl (C=O) groups is 1. The lowest BCUT2D eigenvalue weighted by Gasteiger charge is -2.09. The van der Waals surface area contributed by atoms with Crippen LogP contribution in [0.3, 0.4) is 0 Å². The second-order valence-electron chi connectivity index (χ2n) is 7.24. The molecule has 0 aliphatic rings. The number of benzene rings is 3. The van der Waals surface area contributed by atoms with Crippen LogP contribution in [0.1, 0.15) is 27.3 Å². The van der Waals surface area contributed by atoms with Gasteiger partial charge in [-0.3, -0.25) is 4.79 Å². The summed E-state index contributed by atoms with van der Waals surface area (Å²) in [6.45, 7) is 5.94. The van der Waals surface area contributed by atoms with Crippen molar-refractivity contribution in [2.45, 2.75) is 20.8 Å². The number of halogens is 1. The molecule has 6 heteroatoms. The van der Waals surface area contributed by atoms with Gasteiger partial charge in [0.25, 0.3) is 5.91 Å². The van der Waals surface area contributed by atoms with E-state index in [0.717, 1.165) is 27.9 Å². The molecule has 0 bridgehead atoms. The standard InChI is InChI=1S/C24H21ClN4O/c1-15-7-6-9-18(13-15)23-27-22(28-29(23)21-10-5-4-8-17(21)3)24(30)26-19-12-11-16(2)20(25)14-19/h4-14H,1-3H3,(H,26,30). The van der Waals surface area contributed by atoms with E-state index in [1.165, 1.54) is 0 Å². The Labute approximate surface area is 180 Å². The van der Waals surface area contributed by atoms with Crippen LogP contribution >= 0.6 is 11.6 Å². The van der Waals surface area contributed by atoms with Gasteiger partial charge in [0, 0.05) is 16.3 Å². The number of aryl methyl sites for hydroxylation is 3. The molecule has 0 fully saturated rings. The van der Waals surface area contributed by atoms with Crippen molar-refractivity contribution in [1.82, 2.24) is 14.8 Å². The Bertz CT molecular complexity index is 1250. The van der Waals surface area contributed by atoms with Gasteiger partial charge >= 0.3 is 0 Å². The van der Waals surface area contributed by atoms with Crippen molar-refractivity contribution in [3.05, 3.63) is 94.3 Å². The van der Waals surface area contributed by atoms with Crippen molar-refractivity contribution in [3.8, 4) is 17.1 Å². The molecule has 5 nitrogen and oxygen atoms in total. The first-order valence-corrected chi connectivity index (χ1v) is 9.98. The molecule has 1 amide bonds. The number of para-hydroxylation sites is 1. The first-order valence-electron chi connectivity index (χ1n) is 9.60. The Hall–Kier alpha value is -3.44. The van der Waals surface area contributed by atoms with E-state index in [-0.39, 0.29) is 5.82 Å². The van der Waals surface area contributed by atoms with Crippen LogP contribution in [0.2, 0.25) is 5.02 Å². The fraction of sp³-hybridized carbons (Fsp3) is 0.125. The molecule has 1 heterocycles. The largest absolute Gasteiger partial charge is 0.319 e. The average molecular weight is 417 g/mol. The molecule has 0 saturated heterocycles. The van der Waals surface area contributed by atoms with Crippen molar-refractivity contribution in [2.24, 2.45) is 0 Å². The second kappa shape index (κ2) is 8.13. The van der Waals surface area contributed by atoms with Crippen molar-refractivity contribution < 1.29 is 4.79 Å². The van der Waals surface area contributed by atoms with Gasteiger partial charge < -0.3 is 5.32 Å². The number of rotatable bonds is 4. The van der Waals surface area contributed by atoms with E-state index < -0.39 is 5.91 Å². The number of aromatic nitrogens is 3. The van der Waals surface area contributed by atoms with E-state index in [4.69, 9.17) is 11.6 Å². The molecule has 0 aliphatic heterocycles. The molecule has 150 valence electrons. The van der Waals surface area contributed by atoms with E-state index >= 15 is 0 Å². The average Bonchev–Trinajstić information content (AvgIpc) is 3.16. The molecule has 1 aromatic heterocycles. The molecular formula is C24H21ClN4O. The zero-order chi connectivity index (χ0) is 21.3. The van der Waals surface area contributed by atoms with E-state index in [0.29, 0.717) is 16.5 Å². The summed E-state index contributed by atoms with van der Waals surface area (Å²) in [6.07, 6.45) is 0. The molecular weight excluding hydrogens is 396 g/mol. The maximum absolute atomic E-state index is 12.9. The minimum absolute atomic E-state index is 0.0893. The van der Waals surface area contributed by atoms with E-state index in [1.54, 1.807) is 16.8 Å². The molecule has 4 rings (SSSR count). The van der Waals surface area contributed by atoms with Crippen LogP contribution in [-0.4, -0.2) is 20.7 Å². The van der Waals surface area contributed by atoms with Gasteiger partial charge in [0.1, 0.15) is 0 Å². The highest BCUT2D eigenvalue weighted by molar-refractivity contribution is 6.31. The van der Waals surface area contributed by atoms with Gasteiger partial charge in [-0.25, -0.2) is 9.67 Å². The smallest absolute Gasteiger partial charge is 0.295 e. The zero-order valence-electron chi connectivity index (χ0n) is 17.0. The molecule has 0 spiro atoms. The van der Waals surface area contributed by atoms with Gasteiger partial charge in [0.15, 0.2) is 5.82 Å². The highest BCUT2D eigenvalue weighted by Gasteiger charge is 2.20. The Balaban J connectivity index is 1.77. The molecule has 3 aromatic carbocycles. The predicted molar refractivity (Wildman–Crippen MR) is 120 cm³/mol. The number of hydrogen-bond acceptors (Lipinski definition) is 3.